The maximum Gasteiger partial charge on any atom is 0.267 e. The van der Waals surface area contributed by atoms with Gasteiger partial charge in [-0.3, -0.25) is 9.59 Å². The predicted molar refractivity (Wildman–Crippen MR) is 113 cm³/mol. The van der Waals surface area contributed by atoms with Crippen LogP contribution in [-0.4, -0.2) is 39.8 Å². The van der Waals surface area contributed by atoms with Crippen molar-refractivity contribution in [1.29, 1.82) is 0 Å². The van der Waals surface area contributed by atoms with Crippen molar-refractivity contribution in [2.45, 2.75) is 31.9 Å². The summed E-state index contributed by atoms with van der Waals surface area (Å²) in [5.41, 5.74) is 1.71. The van der Waals surface area contributed by atoms with Crippen molar-refractivity contribution in [3.63, 3.8) is 0 Å². The topological polar surface area (TPSA) is 64.4 Å². The second-order valence-electron chi connectivity index (χ2n) is 7.14. The van der Waals surface area contributed by atoms with Crippen LogP contribution in [0, 0.1) is 0 Å². The number of hydrogen-bond donors (Lipinski definition) is 0. The Morgan fingerprint density at radius 2 is 1.90 bits per heavy atom. The van der Waals surface area contributed by atoms with Crippen LogP contribution in [0.5, 0.6) is 5.75 Å². The number of piperidine rings is 1. The molecule has 1 saturated heterocycles. The highest BCUT2D eigenvalue weighted by Gasteiger charge is 2.28. The Bertz CT molecular complexity index is 1010. The smallest absolute Gasteiger partial charge is 0.267 e. The molecular weight excluding hydrogens is 386 g/mol. The molecule has 0 saturated carbocycles. The number of carbonyl (C=O) groups is 1. The summed E-state index contributed by atoms with van der Waals surface area (Å²) in [6.07, 6.45) is 0.852. The number of benzene rings is 1. The molecule has 0 bridgehead atoms. The molecule has 1 aliphatic rings. The van der Waals surface area contributed by atoms with Gasteiger partial charge in [-0.15, -0.1) is 0 Å². The summed E-state index contributed by atoms with van der Waals surface area (Å²) in [7, 11) is 0. The molecule has 0 spiro atoms. The van der Waals surface area contributed by atoms with Crippen molar-refractivity contribution < 1.29 is 9.53 Å². The van der Waals surface area contributed by atoms with E-state index in [0.717, 1.165) is 11.3 Å². The van der Waals surface area contributed by atoms with Crippen molar-refractivity contribution in [3.05, 3.63) is 69.6 Å². The van der Waals surface area contributed by atoms with Gasteiger partial charge in [-0.05, 0) is 49.4 Å². The zero-order chi connectivity index (χ0) is 20.2. The van der Waals surface area contributed by atoms with E-state index in [-0.39, 0.29) is 17.5 Å². The van der Waals surface area contributed by atoms with Gasteiger partial charge in [0.15, 0.2) is 6.10 Å². The monoisotopic (exact) mass is 409 g/mol. The SMILES string of the molecule is C[C@H](Oc1ccccc1)C(=O)N1CCC(n2nc(-c3ccsc3)ccc2=O)CC1. The first-order valence-corrected chi connectivity index (χ1v) is 10.7. The van der Waals surface area contributed by atoms with Crippen LogP contribution in [-0.2, 0) is 4.79 Å². The van der Waals surface area contributed by atoms with Crippen LogP contribution in [0.4, 0.5) is 0 Å². The number of hydrogen-bond acceptors (Lipinski definition) is 5. The molecule has 0 N–H and O–H groups in total. The number of para-hydroxylation sites is 1. The molecule has 6 nitrogen and oxygen atoms in total. The Kier molecular flexibility index (Phi) is 5.76. The summed E-state index contributed by atoms with van der Waals surface area (Å²) in [6.45, 7) is 2.95. The molecule has 0 unspecified atom stereocenters. The fourth-order valence-corrected chi connectivity index (χ4v) is 4.24. The van der Waals surface area contributed by atoms with Crippen LogP contribution in [0.3, 0.4) is 0 Å². The Labute approximate surface area is 173 Å². The minimum atomic E-state index is -0.545. The number of ether oxygens (including phenoxy) is 1. The molecule has 0 radical (unpaired) electrons. The first kappa shape index (κ1) is 19.4. The maximum atomic E-state index is 12.7. The van der Waals surface area contributed by atoms with Gasteiger partial charge in [-0.25, -0.2) is 4.68 Å². The predicted octanol–water partition coefficient (Wildman–Crippen LogP) is 3.60. The summed E-state index contributed by atoms with van der Waals surface area (Å²) in [5, 5.41) is 8.60. The molecule has 2 aromatic heterocycles. The van der Waals surface area contributed by atoms with Gasteiger partial charge >= 0.3 is 0 Å². The lowest BCUT2D eigenvalue weighted by Gasteiger charge is -2.33. The highest BCUT2D eigenvalue weighted by Crippen LogP contribution is 2.24. The van der Waals surface area contributed by atoms with E-state index < -0.39 is 6.10 Å². The van der Waals surface area contributed by atoms with Gasteiger partial charge < -0.3 is 9.64 Å². The number of rotatable bonds is 5. The van der Waals surface area contributed by atoms with Gasteiger partial charge in [0.25, 0.3) is 11.5 Å². The standard InChI is InChI=1S/C22H23N3O3S/c1-16(28-19-5-3-2-4-6-19)22(27)24-12-9-18(10-13-24)25-21(26)8-7-20(23-25)17-11-14-29-15-17/h2-8,11,14-16,18H,9-10,12-13H2,1H3/t16-/m0/s1. The van der Waals surface area contributed by atoms with E-state index in [9.17, 15) is 9.59 Å². The first-order chi connectivity index (χ1) is 14.1. The normalized spacial score (nSPS) is 15.8. The molecule has 1 aromatic carbocycles. The molecule has 3 aromatic rings. The molecule has 1 fully saturated rings. The van der Waals surface area contributed by atoms with Crippen LogP contribution >= 0.6 is 11.3 Å². The van der Waals surface area contributed by atoms with Crippen LogP contribution < -0.4 is 10.3 Å². The van der Waals surface area contributed by atoms with Crippen molar-refractivity contribution in [2.75, 3.05) is 13.1 Å². The number of nitrogens with zero attached hydrogens (tertiary/aromatic N) is 3. The quantitative estimate of drug-likeness (QED) is 0.646. The van der Waals surface area contributed by atoms with Gasteiger partial charge in [-0.1, -0.05) is 18.2 Å². The van der Waals surface area contributed by atoms with E-state index in [0.29, 0.717) is 31.7 Å². The minimum Gasteiger partial charge on any atom is -0.481 e. The Hall–Kier alpha value is -2.93. The zero-order valence-corrected chi connectivity index (χ0v) is 17.0. The number of likely N-dealkylation sites (tertiary alicyclic amines) is 1. The minimum absolute atomic E-state index is 0.00418. The summed E-state index contributed by atoms with van der Waals surface area (Å²) >= 11 is 1.60. The molecule has 29 heavy (non-hydrogen) atoms. The Balaban J connectivity index is 1.40. The van der Waals surface area contributed by atoms with Gasteiger partial charge in [0.1, 0.15) is 5.75 Å². The molecule has 1 amide bonds. The van der Waals surface area contributed by atoms with E-state index in [2.05, 4.69) is 5.10 Å². The highest BCUT2D eigenvalue weighted by molar-refractivity contribution is 7.08. The molecule has 7 heteroatoms. The molecule has 150 valence electrons. The lowest BCUT2D eigenvalue weighted by molar-refractivity contribution is -0.139. The average molecular weight is 410 g/mol. The Morgan fingerprint density at radius 1 is 1.14 bits per heavy atom. The van der Waals surface area contributed by atoms with Crippen LogP contribution in [0.1, 0.15) is 25.8 Å². The number of aromatic nitrogens is 2. The number of thiophene rings is 1. The van der Waals surface area contributed by atoms with Crippen molar-refractivity contribution in [3.8, 4) is 17.0 Å². The lowest BCUT2D eigenvalue weighted by Crippen LogP contribution is -2.46. The van der Waals surface area contributed by atoms with Crippen molar-refractivity contribution in [2.24, 2.45) is 0 Å². The van der Waals surface area contributed by atoms with Crippen LogP contribution in [0.2, 0.25) is 0 Å². The molecule has 1 atom stereocenters. The Morgan fingerprint density at radius 3 is 2.59 bits per heavy atom. The summed E-state index contributed by atoms with van der Waals surface area (Å²) < 4.78 is 7.34. The van der Waals surface area contributed by atoms with E-state index >= 15 is 0 Å². The third-order valence-corrected chi connectivity index (χ3v) is 5.85. The van der Waals surface area contributed by atoms with Crippen LogP contribution in [0.15, 0.2) is 64.1 Å². The summed E-state index contributed by atoms with van der Waals surface area (Å²) in [4.78, 5) is 26.9. The fourth-order valence-electron chi connectivity index (χ4n) is 3.59. The largest absolute Gasteiger partial charge is 0.481 e. The molecule has 1 aliphatic heterocycles. The van der Waals surface area contributed by atoms with E-state index in [1.165, 1.54) is 0 Å². The van der Waals surface area contributed by atoms with E-state index in [1.807, 2.05) is 52.1 Å². The second kappa shape index (κ2) is 8.61. The van der Waals surface area contributed by atoms with Gasteiger partial charge in [0.2, 0.25) is 0 Å². The number of carbonyl (C=O) groups excluding carboxylic acids is 1. The van der Waals surface area contributed by atoms with Crippen LogP contribution in [0.25, 0.3) is 11.3 Å². The first-order valence-electron chi connectivity index (χ1n) is 9.75. The maximum absolute atomic E-state index is 12.7. The van der Waals surface area contributed by atoms with Gasteiger partial charge in [-0.2, -0.15) is 16.4 Å². The van der Waals surface area contributed by atoms with Gasteiger partial charge in [0.05, 0.1) is 11.7 Å². The summed E-state index contributed by atoms with van der Waals surface area (Å²) in [6, 6.07) is 14.7. The zero-order valence-electron chi connectivity index (χ0n) is 16.2. The van der Waals surface area contributed by atoms with Crippen molar-refractivity contribution >= 4 is 17.2 Å². The molecule has 0 aliphatic carbocycles. The fraction of sp³-hybridized carbons (Fsp3) is 0.318. The molecule has 4 rings (SSSR count). The van der Waals surface area contributed by atoms with Crippen molar-refractivity contribution in [1.82, 2.24) is 14.7 Å². The second-order valence-corrected chi connectivity index (χ2v) is 7.92. The molecular formula is C22H23N3O3S. The average Bonchev–Trinajstić information content (AvgIpc) is 3.29. The van der Waals surface area contributed by atoms with E-state index in [4.69, 9.17) is 4.74 Å². The third-order valence-electron chi connectivity index (χ3n) is 5.17. The van der Waals surface area contributed by atoms with Gasteiger partial charge in [0, 0.05) is 30.1 Å². The highest BCUT2D eigenvalue weighted by atomic mass is 32.1. The summed E-state index contributed by atoms with van der Waals surface area (Å²) in [5.74, 6) is 0.656. The third kappa shape index (κ3) is 4.40. The number of amides is 1. The lowest BCUT2D eigenvalue weighted by atomic mass is 10.0. The molecule has 3 heterocycles. The van der Waals surface area contributed by atoms with E-state index in [1.54, 1.807) is 35.1 Å².